The van der Waals surface area contributed by atoms with Crippen LogP contribution in [0, 0.1) is 5.92 Å². The molecular weight excluding hydrogens is 502 g/mol. The Morgan fingerprint density at radius 2 is 2.08 bits per heavy atom. The SMILES string of the molecule is CCC(CC[NH2+]CCCCC1C=Nc2sc3c(c2C1=O)CCN(C)C3)c1cc(-c2ccc(Cl)cc2)n[nH]1. The summed E-state index contributed by atoms with van der Waals surface area (Å²) in [5.41, 5.74) is 5.48. The number of thiophene rings is 1. The Balaban J connectivity index is 1.03. The Morgan fingerprint density at radius 3 is 2.89 bits per heavy atom. The number of nitrogens with two attached hydrogens (primary N) is 1. The Labute approximate surface area is 228 Å². The first-order valence-electron chi connectivity index (χ1n) is 13.6. The van der Waals surface area contributed by atoms with Gasteiger partial charge in [0.25, 0.3) is 0 Å². The molecule has 2 aliphatic rings. The van der Waals surface area contributed by atoms with E-state index in [1.807, 2.05) is 30.5 Å². The van der Waals surface area contributed by atoms with Crippen LogP contribution in [0.5, 0.6) is 0 Å². The number of aliphatic imine (C=N–C) groups is 1. The van der Waals surface area contributed by atoms with E-state index in [2.05, 4.69) is 40.5 Å². The lowest BCUT2D eigenvalue weighted by atomic mass is 9.89. The summed E-state index contributed by atoms with van der Waals surface area (Å²) in [6.45, 7) is 6.40. The highest BCUT2D eigenvalue weighted by molar-refractivity contribution is 7.16. The van der Waals surface area contributed by atoms with E-state index in [0.717, 1.165) is 91.5 Å². The number of hydrogen-bond acceptors (Lipinski definition) is 5. The molecule has 2 unspecified atom stereocenters. The molecule has 0 saturated heterocycles. The van der Waals surface area contributed by atoms with E-state index < -0.39 is 0 Å². The van der Waals surface area contributed by atoms with Crippen molar-refractivity contribution in [3.8, 4) is 11.3 Å². The van der Waals surface area contributed by atoms with Gasteiger partial charge in [0.1, 0.15) is 5.00 Å². The normalized spacial score (nSPS) is 18.1. The molecule has 0 spiro atoms. The molecule has 0 saturated carbocycles. The van der Waals surface area contributed by atoms with Gasteiger partial charge in [0.2, 0.25) is 0 Å². The third-order valence-corrected chi connectivity index (χ3v) is 9.12. The molecule has 8 heteroatoms. The van der Waals surface area contributed by atoms with Crippen molar-refractivity contribution >= 4 is 39.9 Å². The lowest BCUT2D eigenvalue weighted by Gasteiger charge is -2.23. The van der Waals surface area contributed by atoms with Crippen molar-refractivity contribution in [2.24, 2.45) is 10.9 Å². The van der Waals surface area contributed by atoms with Gasteiger partial charge in [-0.2, -0.15) is 5.10 Å². The molecule has 1 aromatic carbocycles. The lowest BCUT2D eigenvalue weighted by molar-refractivity contribution is -0.655. The van der Waals surface area contributed by atoms with Crippen LogP contribution in [-0.2, 0) is 13.0 Å². The number of aromatic amines is 1. The Kier molecular flexibility index (Phi) is 8.55. The number of Topliss-reactive ketones (excluding diaryl/α,β-unsaturated/α-hetero) is 1. The molecule has 0 fully saturated rings. The summed E-state index contributed by atoms with van der Waals surface area (Å²) in [6.07, 6.45) is 8.18. The molecule has 196 valence electrons. The predicted octanol–water partition coefficient (Wildman–Crippen LogP) is 5.61. The zero-order chi connectivity index (χ0) is 25.8. The molecule has 37 heavy (non-hydrogen) atoms. The minimum Gasteiger partial charge on any atom is -0.346 e. The molecule has 3 N–H and O–H groups in total. The van der Waals surface area contributed by atoms with Crippen molar-refractivity contribution in [2.75, 3.05) is 26.7 Å². The monoisotopic (exact) mass is 538 g/mol. The maximum absolute atomic E-state index is 13.2. The Bertz CT molecular complexity index is 1250. The van der Waals surface area contributed by atoms with Crippen LogP contribution in [-0.4, -0.2) is 53.8 Å². The molecule has 2 aliphatic heterocycles. The molecule has 3 aromatic rings. The second kappa shape index (κ2) is 12.0. The molecular formula is C29H37ClN5OS+. The average molecular weight is 539 g/mol. The smallest absolute Gasteiger partial charge is 0.174 e. The summed E-state index contributed by atoms with van der Waals surface area (Å²) in [4.78, 5) is 21.6. The van der Waals surface area contributed by atoms with Crippen molar-refractivity contribution in [3.63, 3.8) is 0 Å². The van der Waals surface area contributed by atoms with E-state index in [-0.39, 0.29) is 5.92 Å². The number of fused-ring (bicyclic) bond motifs is 3. The fourth-order valence-electron chi connectivity index (χ4n) is 5.49. The lowest BCUT2D eigenvalue weighted by Crippen LogP contribution is -2.84. The zero-order valence-electron chi connectivity index (χ0n) is 21.8. The van der Waals surface area contributed by atoms with Crippen molar-refractivity contribution in [1.29, 1.82) is 0 Å². The number of aromatic nitrogens is 2. The Hall–Kier alpha value is -2.32. The van der Waals surface area contributed by atoms with E-state index in [0.29, 0.717) is 11.7 Å². The van der Waals surface area contributed by atoms with Gasteiger partial charge in [0.15, 0.2) is 5.78 Å². The van der Waals surface area contributed by atoms with Crippen molar-refractivity contribution < 1.29 is 10.1 Å². The number of ketones is 1. The first kappa shape index (κ1) is 26.3. The molecule has 0 radical (unpaired) electrons. The van der Waals surface area contributed by atoms with E-state index in [4.69, 9.17) is 16.6 Å². The topological polar surface area (TPSA) is 78.0 Å². The van der Waals surface area contributed by atoms with E-state index >= 15 is 0 Å². The summed E-state index contributed by atoms with van der Waals surface area (Å²) in [5.74, 6) is 0.733. The number of quaternary nitrogens is 1. The number of hydrogen-bond donors (Lipinski definition) is 2. The zero-order valence-corrected chi connectivity index (χ0v) is 23.4. The van der Waals surface area contributed by atoms with Crippen LogP contribution in [0.4, 0.5) is 5.00 Å². The van der Waals surface area contributed by atoms with Gasteiger partial charge in [0, 0.05) is 52.8 Å². The molecule has 0 amide bonds. The van der Waals surface area contributed by atoms with Crippen LogP contribution >= 0.6 is 22.9 Å². The summed E-state index contributed by atoms with van der Waals surface area (Å²) in [6, 6.07) is 10.00. The number of carbonyl (C=O) groups excluding carboxylic acids is 1. The number of halogens is 1. The standard InChI is InChI=1S/C29H36ClN5OS/c1-3-19(24-16-25(34-33-24)20-7-9-22(30)10-8-20)11-14-31-13-5-4-6-21-17-32-29-27(28(21)36)23-12-15-35(2)18-26(23)37-29/h7-10,16-17,19,21,31H,3-6,11-15,18H2,1-2H3,(H,33,34)/p+1. The van der Waals surface area contributed by atoms with Crippen LogP contribution < -0.4 is 5.32 Å². The van der Waals surface area contributed by atoms with Gasteiger partial charge in [-0.1, -0.05) is 30.7 Å². The summed E-state index contributed by atoms with van der Waals surface area (Å²) >= 11 is 7.73. The van der Waals surface area contributed by atoms with Gasteiger partial charge in [-0.15, -0.1) is 11.3 Å². The number of H-pyrrole nitrogens is 1. The predicted molar refractivity (Wildman–Crippen MR) is 153 cm³/mol. The largest absolute Gasteiger partial charge is 0.346 e. The van der Waals surface area contributed by atoms with Crippen molar-refractivity contribution in [1.82, 2.24) is 15.1 Å². The van der Waals surface area contributed by atoms with E-state index in [9.17, 15) is 4.79 Å². The van der Waals surface area contributed by atoms with Gasteiger partial charge in [-0.25, -0.2) is 4.99 Å². The summed E-state index contributed by atoms with van der Waals surface area (Å²) in [5, 5.41) is 11.9. The summed E-state index contributed by atoms with van der Waals surface area (Å²) < 4.78 is 0. The first-order valence-corrected chi connectivity index (χ1v) is 14.8. The third kappa shape index (κ3) is 6.06. The number of unbranched alkanes of at least 4 members (excludes halogenated alkanes) is 1. The van der Waals surface area contributed by atoms with E-state index in [1.165, 1.54) is 16.1 Å². The fraction of sp³-hybridized carbons (Fsp3) is 0.483. The number of carbonyl (C=O) groups is 1. The van der Waals surface area contributed by atoms with Gasteiger partial charge >= 0.3 is 0 Å². The van der Waals surface area contributed by atoms with Gasteiger partial charge in [-0.05, 0) is 62.9 Å². The number of nitrogens with zero attached hydrogens (tertiary/aromatic N) is 3. The minimum atomic E-state index is -0.0504. The molecule has 0 aliphatic carbocycles. The van der Waals surface area contributed by atoms with Crippen LogP contribution in [0.15, 0.2) is 35.3 Å². The van der Waals surface area contributed by atoms with Crippen LogP contribution in [0.2, 0.25) is 5.02 Å². The van der Waals surface area contributed by atoms with Crippen molar-refractivity contribution in [2.45, 2.75) is 57.9 Å². The molecule has 4 heterocycles. The maximum atomic E-state index is 13.2. The molecule has 0 bridgehead atoms. The van der Waals surface area contributed by atoms with Gasteiger partial charge in [-0.3, -0.25) is 9.89 Å². The minimum absolute atomic E-state index is 0.0504. The van der Waals surface area contributed by atoms with E-state index in [1.54, 1.807) is 11.3 Å². The summed E-state index contributed by atoms with van der Waals surface area (Å²) in [7, 11) is 2.14. The Morgan fingerprint density at radius 1 is 1.24 bits per heavy atom. The van der Waals surface area contributed by atoms with Crippen LogP contribution in [0.3, 0.4) is 0 Å². The molecule has 6 nitrogen and oxygen atoms in total. The second-order valence-electron chi connectivity index (χ2n) is 10.4. The number of nitrogens with one attached hydrogen (secondary N) is 1. The maximum Gasteiger partial charge on any atom is 0.174 e. The highest BCUT2D eigenvalue weighted by Gasteiger charge is 2.32. The third-order valence-electron chi connectivity index (χ3n) is 7.75. The number of benzene rings is 1. The number of likely N-dealkylation sites (N-methyl/N-ethyl adjacent to an activating group) is 1. The highest BCUT2D eigenvalue weighted by Crippen LogP contribution is 2.42. The molecule has 2 aromatic heterocycles. The van der Waals surface area contributed by atoms with Crippen LogP contribution in [0.25, 0.3) is 11.3 Å². The average Bonchev–Trinajstić information content (AvgIpc) is 3.52. The quantitative estimate of drug-likeness (QED) is 0.311. The highest BCUT2D eigenvalue weighted by atomic mass is 35.5. The number of rotatable bonds is 11. The molecule has 5 rings (SSSR count). The first-order chi connectivity index (χ1) is 18.0. The van der Waals surface area contributed by atoms with Crippen LogP contribution in [0.1, 0.15) is 71.4 Å². The van der Waals surface area contributed by atoms with Crippen molar-refractivity contribution in [3.05, 3.63) is 57.1 Å². The second-order valence-corrected chi connectivity index (χ2v) is 11.9. The fourth-order valence-corrected chi connectivity index (χ4v) is 6.90. The van der Waals surface area contributed by atoms with Gasteiger partial charge in [0.05, 0.1) is 30.3 Å². The molecule has 2 atom stereocenters. The van der Waals surface area contributed by atoms with Gasteiger partial charge < -0.3 is 10.2 Å².